The second-order valence-corrected chi connectivity index (χ2v) is 8.34. The molecule has 0 unspecified atom stereocenters. The van der Waals surface area contributed by atoms with Crippen molar-refractivity contribution < 1.29 is 14.3 Å². The van der Waals surface area contributed by atoms with Crippen molar-refractivity contribution in [3.8, 4) is 5.75 Å². The van der Waals surface area contributed by atoms with Gasteiger partial charge in [0, 0.05) is 50.8 Å². The van der Waals surface area contributed by atoms with Crippen LogP contribution in [-0.2, 0) is 4.79 Å². The van der Waals surface area contributed by atoms with Crippen molar-refractivity contribution >= 4 is 17.5 Å². The zero-order chi connectivity index (χ0) is 22.7. The number of carbonyl (C=O) groups is 2. The van der Waals surface area contributed by atoms with Gasteiger partial charge < -0.3 is 19.4 Å². The quantitative estimate of drug-likeness (QED) is 0.757. The highest BCUT2D eigenvalue weighted by atomic mass is 16.5. The van der Waals surface area contributed by atoms with Gasteiger partial charge in [0.05, 0.1) is 17.9 Å². The molecule has 9 nitrogen and oxygen atoms in total. The predicted octanol–water partition coefficient (Wildman–Crippen LogP) is 1.43. The topological polar surface area (TPSA) is 98.8 Å². The number of piperazine rings is 1. The fourth-order valence-corrected chi connectivity index (χ4v) is 4.38. The first-order valence-corrected chi connectivity index (χ1v) is 11.0. The van der Waals surface area contributed by atoms with E-state index in [9.17, 15) is 14.4 Å². The van der Waals surface area contributed by atoms with E-state index in [1.807, 2.05) is 12.1 Å². The molecule has 1 N–H and O–H groups in total. The van der Waals surface area contributed by atoms with Gasteiger partial charge in [0.2, 0.25) is 5.91 Å². The van der Waals surface area contributed by atoms with Crippen molar-refractivity contribution in [3.05, 3.63) is 51.9 Å². The molecular weight excluding hydrogens is 410 g/mol. The predicted molar refractivity (Wildman–Crippen MR) is 120 cm³/mol. The minimum absolute atomic E-state index is 0.0412. The van der Waals surface area contributed by atoms with E-state index < -0.39 is 0 Å². The van der Waals surface area contributed by atoms with Crippen LogP contribution >= 0.6 is 0 Å². The number of hydrogen-bond donors (Lipinski definition) is 1. The van der Waals surface area contributed by atoms with Crippen LogP contribution in [0.4, 0.5) is 5.69 Å². The van der Waals surface area contributed by atoms with Crippen molar-refractivity contribution in [2.45, 2.75) is 32.7 Å². The summed E-state index contributed by atoms with van der Waals surface area (Å²) in [6.07, 6.45) is 3.68. The second kappa shape index (κ2) is 9.42. The number of hydrogen-bond acceptors (Lipinski definition) is 6. The van der Waals surface area contributed by atoms with Gasteiger partial charge in [-0.15, -0.1) is 0 Å². The van der Waals surface area contributed by atoms with E-state index in [4.69, 9.17) is 4.74 Å². The number of aromatic amines is 1. The van der Waals surface area contributed by atoms with Crippen LogP contribution < -0.4 is 15.2 Å². The Morgan fingerprint density at radius 2 is 1.91 bits per heavy atom. The molecule has 4 rings (SSSR count). The number of anilines is 1. The molecule has 9 heteroatoms. The Morgan fingerprint density at radius 3 is 2.66 bits per heavy atom. The molecule has 1 aromatic heterocycles. The summed E-state index contributed by atoms with van der Waals surface area (Å²) in [7, 11) is 0. The summed E-state index contributed by atoms with van der Waals surface area (Å²) in [5.41, 5.74) is 1.90. The largest absolute Gasteiger partial charge is 0.491 e. The smallest absolute Gasteiger partial charge is 0.269 e. The molecule has 0 aliphatic carbocycles. The van der Waals surface area contributed by atoms with Crippen molar-refractivity contribution in [1.29, 1.82) is 0 Å². The highest BCUT2D eigenvalue weighted by Crippen LogP contribution is 2.27. The summed E-state index contributed by atoms with van der Waals surface area (Å²) in [5.74, 6) is 0.636. The van der Waals surface area contributed by atoms with Crippen LogP contribution in [0, 0.1) is 6.92 Å². The number of amides is 2. The lowest BCUT2D eigenvalue weighted by molar-refractivity contribution is -0.130. The number of H-pyrrole nitrogens is 1. The number of nitrogens with zero attached hydrogens (tertiary/aromatic N) is 4. The maximum absolute atomic E-state index is 12.9. The number of ether oxygens (including phenoxy) is 1. The van der Waals surface area contributed by atoms with Gasteiger partial charge >= 0.3 is 0 Å². The van der Waals surface area contributed by atoms with Crippen LogP contribution in [0.1, 0.15) is 35.7 Å². The zero-order valence-corrected chi connectivity index (χ0v) is 18.5. The van der Waals surface area contributed by atoms with Gasteiger partial charge in [-0.3, -0.25) is 14.4 Å². The van der Waals surface area contributed by atoms with Gasteiger partial charge in [-0.2, -0.15) is 5.10 Å². The SMILES string of the molecule is CC(=O)N1CCN(C(=O)c2cccc(OC[C@@H]3CCCN3c3cn[nH]c(=O)c3C)c2)CC1. The first-order valence-electron chi connectivity index (χ1n) is 11.0. The van der Waals surface area contributed by atoms with Gasteiger partial charge in [0.1, 0.15) is 12.4 Å². The number of rotatable bonds is 5. The standard InChI is InChI=1S/C23H29N5O4/c1-16-21(14-24-25-22(16)30)28-8-4-6-19(28)15-32-20-7-3-5-18(13-20)23(31)27-11-9-26(10-12-27)17(2)29/h3,5,7,13-14,19H,4,6,8-12,15H2,1-2H3,(H,25,30)/t19-/m0/s1. The molecule has 0 saturated carbocycles. The van der Waals surface area contributed by atoms with Crippen LogP contribution in [0.25, 0.3) is 0 Å². The number of benzene rings is 1. The molecule has 2 amide bonds. The molecule has 2 aliphatic heterocycles. The number of aromatic nitrogens is 2. The maximum atomic E-state index is 12.9. The summed E-state index contributed by atoms with van der Waals surface area (Å²) in [4.78, 5) is 42.1. The number of nitrogens with one attached hydrogen (secondary N) is 1. The van der Waals surface area contributed by atoms with Crippen LogP contribution in [-0.4, -0.2) is 77.2 Å². The van der Waals surface area contributed by atoms with Gasteiger partial charge in [-0.1, -0.05) is 6.07 Å². The van der Waals surface area contributed by atoms with Crippen molar-refractivity contribution in [3.63, 3.8) is 0 Å². The summed E-state index contributed by atoms with van der Waals surface area (Å²) in [6, 6.07) is 7.38. The lowest BCUT2D eigenvalue weighted by atomic mass is 10.1. The molecule has 32 heavy (non-hydrogen) atoms. The van der Waals surface area contributed by atoms with E-state index in [1.165, 1.54) is 0 Å². The fraction of sp³-hybridized carbons (Fsp3) is 0.478. The maximum Gasteiger partial charge on any atom is 0.269 e. The molecule has 2 fully saturated rings. The van der Waals surface area contributed by atoms with Gasteiger partial charge in [0.25, 0.3) is 11.5 Å². The average Bonchev–Trinajstić information content (AvgIpc) is 3.27. The lowest BCUT2D eigenvalue weighted by Gasteiger charge is -2.34. The normalized spacial score (nSPS) is 18.7. The Hall–Kier alpha value is -3.36. The summed E-state index contributed by atoms with van der Waals surface area (Å²) >= 11 is 0. The van der Waals surface area contributed by atoms with E-state index in [0.29, 0.717) is 49.7 Å². The molecule has 0 spiro atoms. The zero-order valence-electron chi connectivity index (χ0n) is 18.5. The molecule has 1 aromatic carbocycles. The Morgan fingerprint density at radius 1 is 1.16 bits per heavy atom. The van der Waals surface area contributed by atoms with Gasteiger partial charge in [0.15, 0.2) is 0 Å². The Labute approximate surface area is 187 Å². The van der Waals surface area contributed by atoms with Crippen LogP contribution in [0.15, 0.2) is 35.3 Å². The van der Waals surface area contributed by atoms with Crippen LogP contribution in [0.5, 0.6) is 5.75 Å². The third-order valence-corrected chi connectivity index (χ3v) is 6.30. The first-order chi connectivity index (χ1) is 15.4. The second-order valence-electron chi connectivity index (χ2n) is 8.34. The van der Waals surface area contributed by atoms with E-state index >= 15 is 0 Å². The molecule has 2 aliphatic rings. The van der Waals surface area contributed by atoms with Crippen molar-refractivity contribution in [1.82, 2.24) is 20.0 Å². The first kappa shape index (κ1) is 21.9. The molecule has 2 saturated heterocycles. The average molecular weight is 440 g/mol. The molecule has 1 atom stereocenters. The van der Waals surface area contributed by atoms with E-state index in [1.54, 1.807) is 42.0 Å². The monoisotopic (exact) mass is 439 g/mol. The number of carbonyl (C=O) groups excluding carboxylic acids is 2. The highest BCUT2D eigenvalue weighted by molar-refractivity contribution is 5.94. The third kappa shape index (κ3) is 4.61. The van der Waals surface area contributed by atoms with E-state index in [0.717, 1.165) is 25.1 Å². The molecule has 0 bridgehead atoms. The molecule has 170 valence electrons. The summed E-state index contributed by atoms with van der Waals surface area (Å²) in [6.45, 7) is 6.85. The van der Waals surface area contributed by atoms with E-state index in [-0.39, 0.29) is 23.4 Å². The Bertz CT molecular complexity index is 1040. The minimum atomic E-state index is -0.176. The van der Waals surface area contributed by atoms with Gasteiger partial charge in [-0.25, -0.2) is 5.10 Å². The van der Waals surface area contributed by atoms with Gasteiger partial charge in [-0.05, 0) is 38.0 Å². The summed E-state index contributed by atoms with van der Waals surface area (Å²) < 4.78 is 6.07. The Kier molecular flexibility index (Phi) is 6.43. The molecule has 0 radical (unpaired) electrons. The fourth-order valence-electron chi connectivity index (χ4n) is 4.38. The lowest BCUT2D eigenvalue weighted by Crippen LogP contribution is -2.50. The third-order valence-electron chi connectivity index (χ3n) is 6.30. The van der Waals surface area contributed by atoms with E-state index in [2.05, 4.69) is 15.1 Å². The highest BCUT2D eigenvalue weighted by Gasteiger charge is 2.28. The van der Waals surface area contributed by atoms with Crippen molar-refractivity contribution in [2.24, 2.45) is 0 Å². The van der Waals surface area contributed by atoms with Crippen LogP contribution in [0.3, 0.4) is 0 Å². The Balaban J connectivity index is 1.39. The minimum Gasteiger partial charge on any atom is -0.491 e. The van der Waals surface area contributed by atoms with Crippen molar-refractivity contribution in [2.75, 3.05) is 44.2 Å². The molecule has 3 heterocycles. The molecule has 2 aromatic rings. The van der Waals surface area contributed by atoms with Crippen LogP contribution in [0.2, 0.25) is 0 Å². The summed E-state index contributed by atoms with van der Waals surface area (Å²) in [5, 5.41) is 6.42. The molecular formula is C23H29N5O4.